The molecule has 27 heavy (non-hydrogen) atoms. The summed E-state index contributed by atoms with van der Waals surface area (Å²) >= 11 is 0. The van der Waals surface area contributed by atoms with E-state index in [9.17, 15) is 4.79 Å². The quantitative estimate of drug-likeness (QED) is 0.394. The lowest BCUT2D eigenvalue weighted by Crippen LogP contribution is -2.09. The summed E-state index contributed by atoms with van der Waals surface area (Å²) in [5, 5.41) is 4.23. The number of hydrogen-bond acceptors (Lipinski definition) is 5. The molecule has 0 bridgehead atoms. The van der Waals surface area contributed by atoms with E-state index in [0.29, 0.717) is 17.9 Å². The van der Waals surface area contributed by atoms with Gasteiger partial charge in [-0.3, -0.25) is 10.4 Å². The van der Waals surface area contributed by atoms with E-state index < -0.39 is 0 Å². The number of aryl methyl sites for hydroxylation is 1. The van der Waals surface area contributed by atoms with Gasteiger partial charge in [0.15, 0.2) is 0 Å². The monoisotopic (exact) mass is 359 g/mol. The summed E-state index contributed by atoms with van der Waals surface area (Å²) in [5.74, 6) is -0.351. The summed E-state index contributed by atoms with van der Waals surface area (Å²) in [7, 11) is 0. The van der Waals surface area contributed by atoms with Crippen LogP contribution in [-0.2, 0) is 4.74 Å². The Hall–Kier alpha value is -3.47. The summed E-state index contributed by atoms with van der Waals surface area (Å²) < 4.78 is 5.18. The number of benzene rings is 2. The zero-order valence-corrected chi connectivity index (χ0v) is 15.3. The second-order valence-corrected chi connectivity index (χ2v) is 5.93. The van der Waals surface area contributed by atoms with Crippen molar-refractivity contribution in [3.8, 4) is 11.3 Å². The van der Waals surface area contributed by atoms with Crippen molar-refractivity contribution in [2.75, 3.05) is 12.0 Å². The minimum absolute atomic E-state index is 0.330. The number of para-hydroxylation sites is 1. The number of ether oxygens (including phenoxy) is 1. The summed E-state index contributed by atoms with van der Waals surface area (Å²) in [6.45, 7) is 4.00. The molecule has 0 unspecified atom stereocenters. The SMILES string of the molecule is CCOC(=O)c1c(C)ccnc1-c1ccc(C=NNc2ccccc2)cc1. The predicted octanol–water partition coefficient (Wildman–Crippen LogP) is 4.68. The Balaban J connectivity index is 1.80. The van der Waals surface area contributed by atoms with Crippen LogP contribution in [0.25, 0.3) is 11.3 Å². The first kappa shape index (κ1) is 18.3. The third kappa shape index (κ3) is 4.58. The molecule has 0 spiro atoms. The van der Waals surface area contributed by atoms with Crippen LogP contribution in [0.3, 0.4) is 0 Å². The van der Waals surface area contributed by atoms with Gasteiger partial charge in [-0.15, -0.1) is 0 Å². The van der Waals surface area contributed by atoms with Crippen molar-refractivity contribution in [1.82, 2.24) is 4.98 Å². The standard InChI is InChI=1S/C22H21N3O2/c1-3-27-22(26)20-16(2)13-14-23-21(20)18-11-9-17(10-12-18)15-24-25-19-7-5-4-6-8-19/h4-15,25H,3H2,1-2H3. The van der Waals surface area contributed by atoms with Crippen molar-refractivity contribution in [2.24, 2.45) is 5.10 Å². The lowest BCUT2D eigenvalue weighted by Gasteiger charge is -2.11. The lowest BCUT2D eigenvalue weighted by atomic mass is 10.0. The average Bonchev–Trinajstić information content (AvgIpc) is 2.69. The van der Waals surface area contributed by atoms with Crippen LogP contribution in [0.2, 0.25) is 0 Å². The van der Waals surface area contributed by atoms with E-state index in [1.165, 1.54) is 0 Å². The number of anilines is 1. The van der Waals surface area contributed by atoms with Crippen LogP contribution >= 0.6 is 0 Å². The van der Waals surface area contributed by atoms with E-state index in [4.69, 9.17) is 4.74 Å². The number of pyridine rings is 1. The average molecular weight is 359 g/mol. The molecular weight excluding hydrogens is 338 g/mol. The van der Waals surface area contributed by atoms with E-state index in [-0.39, 0.29) is 5.97 Å². The fraction of sp³-hybridized carbons (Fsp3) is 0.136. The van der Waals surface area contributed by atoms with Gasteiger partial charge in [0, 0.05) is 11.8 Å². The summed E-state index contributed by atoms with van der Waals surface area (Å²) in [5.41, 5.74) is 7.67. The van der Waals surface area contributed by atoms with Gasteiger partial charge in [0.05, 0.1) is 29.8 Å². The summed E-state index contributed by atoms with van der Waals surface area (Å²) in [6, 6.07) is 19.3. The normalized spacial score (nSPS) is 10.7. The number of aromatic nitrogens is 1. The highest BCUT2D eigenvalue weighted by atomic mass is 16.5. The highest BCUT2D eigenvalue weighted by Gasteiger charge is 2.17. The van der Waals surface area contributed by atoms with Gasteiger partial charge in [0.2, 0.25) is 0 Å². The molecule has 1 N–H and O–H groups in total. The van der Waals surface area contributed by atoms with E-state index in [0.717, 1.165) is 22.4 Å². The van der Waals surface area contributed by atoms with Crippen molar-refractivity contribution in [3.05, 3.63) is 83.6 Å². The third-order valence-corrected chi connectivity index (χ3v) is 4.00. The number of esters is 1. The smallest absolute Gasteiger partial charge is 0.340 e. The maximum absolute atomic E-state index is 12.3. The molecule has 0 aliphatic rings. The van der Waals surface area contributed by atoms with Gasteiger partial charge in [-0.05, 0) is 43.2 Å². The van der Waals surface area contributed by atoms with Crippen molar-refractivity contribution in [3.63, 3.8) is 0 Å². The zero-order valence-electron chi connectivity index (χ0n) is 15.3. The Morgan fingerprint density at radius 3 is 2.56 bits per heavy atom. The Morgan fingerprint density at radius 2 is 1.85 bits per heavy atom. The van der Waals surface area contributed by atoms with Crippen LogP contribution in [-0.4, -0.2) is 23.8 Å². The molecule has 0 aliphatic carbocycles. The molecule has 0 atom stereocenters. The molecule has 5 nitrogen and oxygen atoms in total. The second kappa shape index (κ2) is 8.76. The Labute approximate surface area is 158 Å². The second-order valence-electron chi connectivity index (χ2n) is 5.93. The summed E-state index contributed by atoms with van der Waals surface area (Å²) in [4.78, 5) is 16.7. The van der Waals surface area contributed by atoms with Gasteiger partial charge in [-0.25, -0.2) is 4.79 Å². The molecule has 0 fully saturated rings. The minimum atomic E-state index is -0.351. The minimum Gasteiger partial charge on any atom is -0.462 e. The van der Waals surface area contributed by atoms with E-state index >= 15 is 0 Å². The van der Waals surface area contributed by atoms with Crippen LogP contribution < -0.4 is 5.43 Å². The Morgan fingerprint density at radius 1 is 1.11 bits per heavy atom. The molecular formula is C22H21N3O2. The van der Waals surface area contributed by atoms with Crippen LogP contribution in [0.4, 0.5) is 5.69 Å². The fourth-order valence-corrected chi connectivity index (χ4v) is 2.66. The van der Waals surface area contributed by atoms with Crippen LogP contribution in [0.5, 0.6) is 0 Å². The van der Waals surface area contributed by atoms with Crippen LogP contribution in [0.1, 0.15) is 28.4 Å². The van der Waals surface area contributed by atoms with Gasteiger partial charge in [0.25, 0.3) is 0 Å². The van der Waals surface area contributed by atoms with Crippen molar-refractivity contribution < 1.29 is 9.53 Å². The molecule has 3 rings (SSSR count). The number of hydrogen-bond donors (Lipinski definition) is 1. The Kier molecular flexibility index (Phi) is 5.94. The topological polar surface area (TPSA) is 63.6 Å². The van der Waals surface area contributed by atoms with Gasteiger partial charge >= 0.3 is 5.97 Å². The maximum Gasteiger partial charge on any atom is 0.340 e. The lowest BCUT2D eigenvalue weighted by molar-refractivity contribution is 0.0526. The molecule has 5 heteroatoms. The van der Waals surface area contributed by atoms with Gasteiger partial charge < -0.3 is 4.74 Å². The molecule has 1 heterocycles. The first-order valence-corrected chi connectivity index (χ1v) is 8.76. The molecule has 136 valence electrons. The number of hydrazone groups is 1. The van der Waals surface area contributed by atoms with E-state index in [1.54, 1.807) is 19.3 Å². The molecule has 0 radical (unpaired) electrons. The van der Waals surface area contributed by atoms with Crippen LogP contribution in [0.15, 0.2) is 72.0 Å². The number of carbonyl (C=O) groups is 1. The number of nitrogens with one attached hydrogen (secondary N) is 1. The van der Waals surface area contributed by atoms with E-state index in [2.05, 4.69) is 15.5 Å². The highest BCUT2D eigenvalue weighted by molar-refractivity contribution is 5.97. The molecule has 0 aliphatic heterocycles. The van der Waals surface area contributed by atoms with Crippen molar-refractivity contribution in [2.45, 2.75) is 13.8 Å². The Bertz CT molecular complexity index is 936. The molecule has 3 aromatic rings. The first-order chi connectivity index (χ1) is 13.2. The summed E-state index contributed by atoms with van der Waals surface area (Å²) in [6.07, 6.45) is 3.44. The number of rotatable bonds is 6. The fourth-order valence-electron chi connectivity index (χ4n) is 2.66. The van der Waals surface area contributed by atoms with E-state index in [1.807, 2.05) is 67.6 Å². The number of nitrogens with zero attached hydrogens (tertiary/aromatic N) is 2. The largest absolute Gasteiger partial charge is 0.462 e. The maximum atomic E-state index is 12.3. The highest BCUT2D eigenvalue weighted by Crippen LogP contribution is 2.25. The van der Waals surface area contributed by atoms with Gasteiger partial charge in [-0.1, -0.05) is 42.5 Å². The molecule has 0 amide bonds. The molecule has 1 aromatic heterocycles. The van der Waals surface area contributed by atoms with Gasteiger partial charge in [0.1, 0.15) is 0 Å². The zero-order chi connectivity index (χ0) is 19.1. The predicted molar refractivity (Wildman–Crippen MR) is 108 cm³/mol. The third-order valence-electron chi connectivity index (χ3n) is 4.00. The molecule has 0 saturated carbocycles. The van der Waals surface area contributed by atoms with Crippen molar-refractivity contribution >= 4 is 17.9 Å². The molecule has 0 saturated heterocycles. The number of carbonyl (C=O) groups excluding carboxylic acids is 1. The first-order valence-electron chi connectivity index (χ1n) is 8.76. The van der Waals surface area contributed by atoms with Crippen molar-refractivity contribution in [1.29, 1.82) is 0 Å². The molecule has 2 aromatic carbocycles. The van der Waals surface area contributed by atoms with Crippen LogP contribution in [0, 0.1) is 6.92 Å². The van der Waals surface area contributed by atoms with Gasteiger partial charge in [-0.2, -0.15) is 5.10 Å².